The average Bonchev–Trinajstić information content (AvgIpc) is 3.10. The summed E-state index contributed by atoms with van der Waals surface area (Å²) in [6.07, 6.45) is 3.80. The number of carbonyl (C=O) groups excluding carboxylic acids is 1. The Hall–Kier alpha value is -3.28. The van der Waals surface area contributed by atoms with Crippen molar-refractivity contribution >= 4 is 27.8 Å². The van der Waals surface area contributed by atoms with Crippen LogP contribution in [0.1, 0.15) is 29.8 Å². The van der Waals surface area contributed by atoms with Crippen molar-refractivity contribution in [3.05, 3.63) is 66.5 Å². The molecular weight excluding hydrogens is 357 g/mol. The maximum atomic E-state index is 12.9. The van der Waals surface area contributed by atoms with Gasteiger partial charge in [-0.2, -0.15) is 5.10 Å². The van der Waals surface area contributed by atoms with Crippen LogP contribution in [-0.2, 0) is 6.54 Å². The second kappa shape index (κ2) is 8.17. The Balaban J connectivity index is 1.63. The van der Waals surface area contributed by atoms with E-state index in [9.17, 15) is 9.18 Å². The normalized spacial score (nSPS) is 11.2. The monoisotopic (exact) mass is 377 g/mol. The van der Waals surface area contributed by atoms with Crippen LogP contribution in [0, 0.1) is 0 Å². The lowest BCUT2D eigenvalue weighted by atomic mass is 10.2. The number of rotatable bonds is 7. The van der Waals surface area contributed by atoms with E-state index in [-0.39, 0.29) is 12.4 Å². The van der Waals surface area contributed by atoms with Gasteiger partial charge in [-0.3, -0.25) is 14.1 Å². The third-order valence-corrected chi connectivity index (χ3v) is 4.65. The summed E-state index contributed by atoms with van der Waals surface area (Å²) in [5, 5.41) is 6.13. The molecule has 5 nitrogen and oxygen atoms in total. The summed E-state index contributed by atoms with van der Waals surface area (Å²) in [6, 6.07) is 16.8. The standard InChI is InChI=1S/C22H20FN3O2/c23-13-4-1-5-15-26-18-11-3-2-10-17(18)21(25-26)22(27)28-19-12-6-8-16-9-7-14-24-20(16)19/h2-3,6-12,14H,1,4-5,13,15H2. The van der Waals surface area contributed by atoms with Crippen molar-refractivity contribution in [2.45, 2.75) is 25.8 Å². The molecule has 0 fully saturated rings. The van der Waals surface area contributed by atoms with Crippen LogP contribution in [0.2, 0.25) is 0 Å². The molecule has 0 N–H and O–H groups in total. The van der Waals surface area contributed by atoms with Gasteiger partial charge in [-0.25, -0.2) is 4.79 Å². The van der Waals surface area contributed by atoms with Crippen molar-refractivity contribution in [3.63, 3.8) is 0 Å². The fourth-order valence-corrected chi connectivity index (χ4v) is 3.29. The minimum absolute atomic E-state index is 0.272. The van der Waals surface area contributed by atoms with Gasteiger partial charge in [0.1, 0.15) is 5.52 Å². The molecule has 2 heterocycles. The summed E-state index contributed by atoms with van der Waals surface area (Å²) >= 11 is 0. The van der Waals surface area contributed by atoms with Gasteiger partial charge in [0.15, 0.2) is 11.4 Å². The number of nitrogens with zero attached hydrogens (tertiary/aromatic N) is 3. The van der Waals surface area contributed by atoms with E-state index < -0.39 is 5.97 Å². The highest BCUT2D eigenvalue weighted by Gasteiger charge is 2.20. The molecule has 0 aliphatic heterocycles. The van der Waals surface area contributed by atoms with E-state index in [1.54, 1.807) is 16.9 Å². The number of benzene rings is 2. The van der Waals surface area contributed by atoms with E-state index in [1.165, 1.54) is 0 Å². The van der Waals surface area contributed by atoms with E-state index in [4.69, 9.17) is 4.74 Å². The zero-order valence-corrected chi connectivity index (χ0v) is 15.3. The Kier molecular flexibility index (Phi) is 5.28. The van der Waals surface area contributed by atoms with Crippen molar-refractivity contribution in [1.82, 2.24) is 14.8 Å². The summed E-state index contributed by atoms with van der Waals surface area (Å²) in [7, 11) is 0. The number of aryl methyl sites for hydroxylation is 1. The molecule has 0 aliphatic rings. The second-order valence-corrected chi connectivity index (χ2v) is 6.56. The molecular formula is C22H20FN3O2. The van der Waals surface area contributed by atoms with Crippen molar-refractivity contribution in [2.75, 3.05) is 6.67 Å². The smallest absolute Gasteiger partial charge is 0.364 e. The first-order chi connectivity index (χ1) is 13.8. The van der Waals surface area contributed by atoms with E-state index in [2.05, 4.69) is 10.1 Å². The molecule has 0 saturated carbocycles. The number of fused-ring (bicyclic) bond motifs is 2. The number of halogens is 1. The molecule has 0 unspecified atom stereocenters. The van der Waals surface area contributed by atoms with Crippen LogP contribution in [0.15, 0.2) is 60.8 Å². The van der Waals surface area contributed by atoms with Crippen LogP contribution in [0.5, 0.6) is 5.75 Å². The summed E-state index contributed by atoms with van der Waals surface area (Å²) in [5.74, 6) is -0.110. The van der Waals surface area contributed by atoms with Gasteiger partial charge >= 0.3 is 5.97 Å². The number of hydrogen-bond donors (Lipinski definition) is 0. The van der Waals surface area contributed by atoms with Crippen LogP contribution in [0.4, 0.5) is 4.39 Å². The summed E-state index contributed by atoms with van der Waals surface area (Å²) in [5.41, 5.74) is 1.77. The Morgan fingerprint density at radius 3 is 2.75 bits per heavy atom. The third-order valence-electron chi connectivity index (χ3n) is 4.65. The number of alkyl halides is 1. The van der Waals surface area contributed by atoms with Crippen LogP contribution in [0.3, 0.4) is 0 Å². The SMILES string of the molecule is O=C(Oc1cccc2cccnc12)c1nn(CCCCCF)c2ccccc12. The Bertz CT molecular complexity index is 1120. The van der Waals surface area contributed by atoms with E-state index in [0.29, 0.717) is 24.2 Å². The van der Waals surface area contributed by atoms with Gasteiger partial charge in [-0.15, -0.1) is 0 Å². The second-order valence-electron chi connectivity index (χ2n) is 6.56. The molecule has 0 amide bonds. The van der Waals surface area contributed by atoms with Gasteiger partial charge in [-0.1, -0.05) is 36.4 Å². The first-order valence-corrected chi connectivity index (χ1v) is 9.35. The summed E-state index contributed by atoms with van der Waals surface area (Å²) < 4.78 is 19.8. The molecule has 0 bridgehead atoms. The number of pyridine rings is 1. The Labute approximate surface area is 161 Å². The molecule has 28 heavy (non-hydrogen) atoms. The van der Waals surface area contributed by atoms with E-state index >= 15 is 0 Å². The zero-order valence-electron chi connectivity index (χ0n) is 15.3. The molecule has 6 heteroatoms. The van der Waals surface area contributed by atoms with Crippen LogP contribution < -0.4 is 4.74 Å². The number of aromatic nitrogens is 3. The van der Waals surface area contributed by atoms with E-state index in [0.717, 1.165) is 29.1 Å². The largest absolute Gasteiger partial charge is 0.419 e. The number of hydrogen-bond acceptors (Lipinski definition) is 4. The maximum Gasteiger partial charge on any atom is 0.364 e. The molecule has 0 atom stereocenters. The zero-order chi connectivity index (χ0) is 19.3. The van der Waals surface area contributed by atoms with E-state index in [1.807, 2.05) is 48.5 Å². The fourth-order valence-electron chi connectivity index (χ4n) is 3.29. The van der Waals surface area contributed by atoms with Gasteiger partial charge in [0.25, 0.3) is 0 Å². The van der Waals surface area contributed by atoms with Crippen molar-refractivity contribution in [1.29, 1.82) is 0 Å². The molecule has 0 radical (unpaired) electrons. The minimum Gasteiger partial charge on any atom is -0.419 e. The predicted octanol–water partition coefficient (Wildman–Crippen LogP) is 4.94. The topological polar surface area (TPSA) is 57.0 Å². The average molecular weight is 377 g/mol. The highest BCUT2D eigenvalue weighted by molar-refractivity contribution is 6.03. The molecule has 2 aromatic heterocycles. The fraction of sp³-hybridized carbons (Fsp3) is 0.227. The number of esters is 1. The van der Waals surface area contributed by atoms with Gasteiger partial charge in [-0.05, 0) is 37.5 Å². The van der Waals surface area contributed by atoms with Gasteiger partial charge < -0.3 is 4.74 Å². The van der Waals surface area contributed by atoms with Gasteiger partial charge in [0, 0.05) is 23.5 Å². The summed E-state index contributed by atoms with van der Waals surface area (Å²) in [4.78, 5) is 17.2. The molecule has 0 saturated heterocycles. The molecule has 2 aromatic carbocycles. The number of unbranched alkanes of at least 4 members (excludes halogenated alkanes) is 2. The van der Waals surface area contributed by atoms with Crippen molar-refractivity contribution in [2.24, 2.45) is 0 Å². The molecule has 0 aliphatic carbocycles. The number of para-hydroxylation sites is 2. The molecule has 142 valence electrons. The molecule has 0 spiro atoms. The van der Waals surface area contributed by atoms with Crippen molar-refractivity contribution < 1.29 is 13.9 Å². The lowest BCUT2D eigenvalue weighted by Crippen LogP contribution is -2.11. The quantitative estimate of drug-likeness (QED) is 0.260. The van der Waals surface area contributed by atoms with Crippen LogP contribution >= 0.6 is 0 Å². The third kappa shape index (κ3) is 3.58. The summed E-state index contributed by atoms with van der Waals surface area (Å²) in [6.45, 7) is 0.320. The van der Waals surface area contributed by atoms with Gasteiger partial charge in [0.05, 0.1) is 12.2 Å². The Morgan fingerprint density at radius 1 is 1.00 bits per heavy atom. The minimum atomic E-state index is -0.517. The van der Waals surface area contributed by atoms with Gasteiger partial charge in [0.2, 0.25) is 0 Å². The van der Waals surface area contributed by atoms with Crippen molar-refractivity contribution in [3.8, 4) is 5.75 Å². The highest BCUT2D eigenvalue weighted by atomic mass is 19.1. The molecule has 4 rings (SSSR count). The molecule has 4 aromatic rings. The lowest BCUT2D eigenvalue weighted by Gasteiger charge is -2.05. The predicted molar refractivity (Wildman–Crippen MR) is 106 cm³/mol. The number of carbonyl (C=O) groups is 1. The first kappa shape index (κ1) is 18.1. The maximum absolute atomic E-state index is 12.9. The number of ether oxygens (including phenoxy) is 1. The van der Waals surface area contributed by atoms with Crippen LogP contribution in [-0.4, -0.2) is 27.4 Å². The van der Waals surface area contributed by atoms with Crippen LogP contribution in [0.25, 0.3) is 21.8 Å². The highest BCUT2D eigenvalue weighted by Crippen LogP contribution is 2.25. The first-order valence-electron chi connectivity index (χ1n) is 9.35. The lowest BCUT2D eigenvalue weighted by molar-refractivity contribution is 0.0731. The Morgan fingerprint density at radius 2 is 1.86 bits per heavy atom.